The van der Waals surface area contributed by atoms with E-state index in [-0.39, 0.29) is 42.7 Å². The van der Waals surface area contributed by atoms with Crippen LogP contribution >= 0.6 is 15.9 Å². The van der Waals surface area contributed by atoms with Gasteiger partial charge in [0.25, 0.3) is 12.0 Å². The molecule has 1 amide bonds. The summed E-state index contributed by atoms with van der Waals surface area (Å²) in [7, 11) is 1.57. The molecule has 1 aromatic heterocycles. The van der Waals surface area contributed by atoms with Gasteiger partial charge in [0.1, 0.15) is 30.5 Å². The Kier molecular flexibility index (Phi) is 8.15. The Hall–Kier alpha value is -6.22. The molecule has 4 aromatic carbocycles. The van der Waals surface area contributed by atoms with Crippen LogP contribution in [0.4, 0.5) is 14.5 Å². The molecule has 10 rings (SSSR count). The van der Waals surface area contributed by atoms with Gasteiger partial charge in [0.15, 0.2) is 34.2 Å². The van der Waals surface area contributed by atoms with Gasteiger partial charge >= 0.3 is 0 Å². The summed E-state index contributed by atoms with van der Waals surface area (Å²) in [5.41, 5.74) is 14.5. The number of benzene rings is 4. The Bertz CT molecular complexity index is 2480. The SMILES string of the molecule is COc1ccc2c(c1)[C@@]1(COC(N)=N1)c1cc(Br)cc(F)c1O2.NC1=N[C@@]2(CO1)c1cc(-c3cccnc3)ccc1Oc1c(F)cc(N3CCCC3=O)cc12. The average molecular weight is 810 g/mol. The van der Waals surface area contributed by atoms with Gasteiger partial charge in [-0.05, 0) is 66.6 Å². The molecule has 2 spiro atoms. The number of amidine groups is 2. The van der Waals surface area contributed by atoms with Crippen molar-refractivity contribution in [3.8, 4) is 39.9 Å². The van der Waals surface area contributed by atoms with Crippen LogP contribution in [0.5, 0.6) is 28.7 Å². The second-order valence-corrected chi connectivity index (χ2v) is 14.4. The third kappa shape index (κ3) is 5.60. The van der Waals surface area contributed by atoms with E-state index < -0.39 is 22.7 Å². The van der Waals surface area contributed by atoms with Crippen LogP contribution in [0.1, 0.15) is 35.1 Å². The third-order valence-electron chi connectivity index (χ3n) is 10.2. The highest BCUT2D eigenvalue weighted by molar-refractivity contribution is 9.10. The quantitative estimate of drug-likeness (QED) is 0.196. The number of carbonyl (C=O) groups is 1. The molecule has 2 atom stereocenters. The van der Waals surface area contributed by atoms with Gasteiger partial charge in [0.05, 0.1) is 7.11 Å². The number of halogens is 3. The first-order valence-corrected chi connectivity index (χ1v) is 18.1. The predicted molar refractivity (Wildman–Crippen MR) is 202 cm³/mol. The van der Waals surface area contributed by atoms with Gasteiger partial charge in [0, 0.05) is 69.4 Å². The number of nitrogens with zero attached hydrogens (tertiary/aromatic N) is 4. The fourth-order valence-electron chi connectivity index (χ4n) is 7.67. The number of nitrogens with two attached hydrogens (primary N) is 2. The van der Waals surface area contributed by atoms with E-state index in [1.165, 1.54) is 12.1 Å². The number of pyridine rings is 1. The van der Waals surface area contributed by atoms with Gasteiger partial charge in [-0.15, -0.1) is 0 Å². The minimum absolute atomic E-state index is 0.0265. The molecule has 55 heavy (non-hydrogen) atoms. The van der Waals surface area contributed by atoms with Crippen LogP contribution in [-0.2, 0) is 25.3 Å². The Morgan fingerprint density at radius 3 is 2.05 bits per heavy atom. The normalized spacial score (nSPS) is 21.1. The van der Waals surface area contributed by atoms with Gasteiger partial charge < -0.3 is 40.1 Å². The van der Waals surface area contributed by atoms with Crippen LogP contribution in [0.2, 0.25) is 0 Å². The van der Waals surface area contributed by atoms with E-state index in [2.05, 4.69) is 30.9 Å². The predicted octanol–water partition coefficient (Wildman–Crippen LogP) is 7.00. The zero-order valence-electron chi connectivity index (χ0n) is 29.1. The number of anilines is 1. The molecule has 0 unspecified atom stereocenters. The number of ether oxygens (including phenoxy) is 5. The van der Waals surface area contributed by atoms with Crippen molar-refractivity contribution in [3.63, 3.8) is 0 Å². The first kappa shape index (κ1) is 34.5. The lowest BCUT2D eigenvalue weighted by Crippen LogP contribution is -2.32. The summed E-state index contributed by atoms with van der Waals surface area (Å²) in [6.07, 6.45) is 4.67. The van der Waals surface area contributed by atoms with Gasteiger partial charge in [-0.25, -0.2) is 18.8 Å². The highest BCUT2D eigenvalue weighted by atomic mass is 79.9. The number of fused-ring (bicyclic) bond motifs is 8. The summed E-state index contributed by atoms with van der Waals surface area (Å²) in [5, 5.41) is 0. The minimum Gasteiger partial charge on any atom is -0.497 e. The van der Waals surface area contributed by atoms with Crippen molar-refractivity contribution in [1.29, 1.82) is 0 Å². The molecule has 15 heteroatoms. The topological polar surface area (TPSA) is 156 Å². The second-order valence-electron chi connectivity index (χ2n) is 13.4. The molecular formula is C40H31BrF2N6O6. The van der Waals surface area contributed by atoms with Crippen LogP contribution in [0.3, 0.4) is 0 Å². The van der Waals surface area contributed by atoms with E-state index in [1.54, 1.807) is 54.7 Å². The van der Waals surface area contributed by atoms with Crippen molar-refractivity contribution >= 4 is 39.6 Å². The summed E-state index contributed by atoms with van der Waals surface area (Å²) >= 11 is 3.31. The number of amides is 1. The van der Waals surface area contributed by atoms with Crippen molar-refractivity contribution in [2.75, 3.05) is 31.8 Å². The van der Waals surface area contributed by atoms with Crippen molar-refractivity contribution in [1.82, 2.24) is 4.98 Å². The number of carbonyl (C=O) groups excluding carboxylic acids is 1. The monoisotopic (exact) mass is 808 g/mol. The summed E-state index contributed by atoms with van der Waals surface area (Å²) < 4.78 is 58.3. The molecule has 12 nitrogen and oxygen atoms in total. The van der Waals surface area contributed by atoms with E-state index in [1.807, 2.05) is 30.3 Å². The van der Waals surface area contributed by atoms with Gasteiger partial charge in [-0.3, -0.25) is 9.78 Å². The number of aromatic nitrogens is 1. The summed E-state index contributed by atoms with van der Waals surface area (Å²) in [6.45, 7) is 0.829. The van der Waals surface area contributed by atoms with E-state index in [4.69, 9.17) is 35.2 Å². The fourth-order valence-corrected chi connectivity index (χ4v) is 8.10. The molecular weight excluding hydrogens is 778 g/mol. The van der Waals surface area contributed by atoms with Crippen molar-refractivity contribution < 1.29 is 37.3 Å². The van der Waals surface area contributed by atoms with E-state index >= 15 is 4.39 Å². The lowest BCUT2D eigenvalue weighted by Gasteiger charge is -2.34. The van der Waals surface area contributed by atoms with E-state index in [9.17, 15) is 9.18 Å². The summed E-state index contributed by atoms with van der Waals surface area (Å²) in [5.74, 6) is 0.774. The Morgan fingerprint density at radius 1 is 0.800 bits per heavy atom. The lowest BCUT2D eigenvalue weighted by atomic mass is 9.80. The highest BCUT2D eigenvalue weighted by Crippen LogP contribution is 2.55. The van der Waals surface area contributed by atoms with Crippen LogP contribution in [0.25, 0.3) is 11.1 Å². The van der Waals surface area contributed by atoms with Crippen LogP contribution < -0.4 is 30.6 Å². The lowest BCUT2D eigenvalue weighted by molar-refractivity contribution is -0.117. The van der Waals surface area contributed by atoms with Crippen LogP contribution in [0.15, 0.2) is 99.6 Å². The molecule has 0 aliphatic carbocycles. The third-order valence-corrected chi connectivity index (χ3v) is 10.7. The molecule has 0 saturated carbocycles. The maximum Gasteiger partial charge on any atom is 0.283 e. The van der Waals surface area contributed by atoms with E-state index in [0.29, 0.717) is 51.5 Å². The van der Waals surface area contributed by atoms with E-state index in [0.717, 1.165) is 28.7 Å². The maximum absolute atomic E-state index is 15.3. The molecule has 6 heterocycles. The molecule has 1 saturated heterocycles. The molecule has 0 radical (unpaired) electrons. The minimum atomic E-state index is -1.08. The maximum atomic E-state index is 15.3. The second kappa shape index (κ2) is 13.0. The number of rotatable bonds is 3. The smallest absolute Gasteiger partial charge is 0.283 e. The van der Waals surface area contributed by atoms with Gasteiger partial charge in [-0.1, -0.05) is 28.1 Å². The number of methoxy groups -OCH3 is 1. The first-order chi connectivity index (χ1) is 26.6. The van der Waals surface area contributed by atoms with Gasteiger partial charge in [-0.2, -0.15) is 0 Å². The van der Waals surface area contributed by atoms with Crippen LogP contribution in [-0.4, -0.2) is 49.8 Å². The molecule has 0 bridgehead atoms. The Morgan fingerprint density at radius 2 is 1.45 bits per heavy atom. The number of aliphatic imine (C=N–C) groups is 2. The molecule has 5 aliphatic rings. The zero-order chi connectivity index (χ0) is 38.1. The Balaban J connectivity index is 0.000000153. The standard InChI is InChI=1S/C24H19FN4O3.C16H12BrFN2O3/c25-19-11-16(29-8-2-4-21(29)30)10-18-22(19)32-20-6-5-14(15-3-1-7-27-12-15)9-17(20)24(18)13-31-23(26)28-24;1-21-9-2-3-13-10(6-9)16(7-22-15(19)20-16)11-4-8(17)5-12(18)14(11)23-13/h1,3,5-7,9-12H,2,4,8,13H2,(H2,26,28);2-6H,7H2,1H3,(H2,19,20)/t24-;16-/m00/s1. The molecule has 278 valence electrons. The van der Waals surface area contributed by atoms with Crippen molar-refractivity contribution in [2.24, 2.45) is 21.5 Å². The largest absolute Gasteiger partial charge is 0.497 e. The zero-order valence-corrected chi connectivity index (χ0v) is 30.7. The van der Waals surface area contributed by atoms with Crippen LogP contribution in [0, 0.1) is 11.6 Å². The average Bonchev–Trinajstić information content (AvgIpc) is 3.92. The van der Waals surface area contributed by atoms with Crippen molar-refractivity contribution in [2.45, 2.75) is 23.9 Å². The molecule has 5 aromatic rings. The molecule has 1 fully saturated rings. The number of hydrogen-bond acceptors (Lipinski definition) is 11. The number of hydrogen-bond donors (Lipinski definition) is 2. The fraction of sp³-hybridized carbons (Fsp3) is 0.200. The Labute approximate surface area is 321 Å². The first-order valence-electron chi connectivity index (χ1n) is 17.3. The molecule has 4 N–H and O–H groups in total. The summed E-state index contributed by atoms with van der Waals surface area (Å²) in [6, 6.07) is 21.1. The van der Waals surface area contributed by atoms with Gasteiger partial charge in [0.2, 0.25) is 5.91 Å². The molecule has 5 aliphatic heterocycles. The van der Waals surface area contributed by atoms with Crippen molar-refractivity contribution in [3.05, 3.63) is 124 Å². The highest BCUT2D eigenvalue weighted by Gasteiger charge is 2.50. The summed E-state index contributed by atoms with van der Waals surface area (Å²) in [4.78, 5) is 27.2.